The lowest BCUT2D eigenvalue weighted by atomic mass is 10.2. The molecule has 0 aromatic carbocycles. The standard InChI is InChI=1S/C18H16N4O3S/c19-12-14-18(25-17(20-14)15-4-1-9-24-15)22-7-5-21(6-8-22)16(23)11-13-3-2-10-26-13/h1-4,9-10H,5-8,11H2. The second kappa shape index (κ2) is 7.06. The van der Waals surface area contributed by atoms with E-state index in [-0.39, 0.29) is 17.5 Å². The van der Waals surface area contributed by atoms with Gasteiger partial charge in [-0.05, 0) is 23.6 Å². The van der Waals surface area contributed by atoms with Gasteiger partial charge in [0.1, 0.15) is 6.07 Å². The van der Waals surface area contributed by atoms with Crippen molar-refractivity contribution >= 4 is 23.1 Å². The molecule has 1 aliphatic heterocycles. The smallest absolute Gasteiger partial charge is 0.266 e. The van der Waals surface area contributed by atoms with Crippen molar-refractivity contribution < 1.29 is 13.6 Å². The first-order valence-corrected chi connectivity index (χ1v) is 9.12. The maximum Gasteiger partial charge on any atom is 0.266 e. The number of anilines is 1. The zero-order valence-corrected chi connectivity index (χ0v) is 14.7. The van der Waals surface area contributed by atoms with E-state index in [4.69, 9.17) is 8.83 Å². The van der Waals surface area contributed by atoms with Crippen LogP contribution >= 0.6 is 11.3 Å². The maximum atomic E-state index is 12.4. The third-order valence-electron chi connectivity index (χ3n) is 4.27. The zero-order chi connectivity index (χ0) is 17.9. The third kappa shape index (κ3) is 3.21. The van der Waals surface area contributed by atoms with Gasteiger partial charge < -0.3 is 18.6 Å². The lowest BCUT2D eigenvalue weighted by Gasteiger charge is -2.34. The molecule has 26 heavy (non-hydrogen) atoms. The van der Waals surface area contributed by atoms with E-state index in [1.807, 2.05) is 27.3 Å². The van der Waals surface area contributed by atoms with Crippen LogP contribution in [0.2, 0.25) is 0 Å². The highest BCUT2D eigenvalue weighted by atomic mass is 32.1. The number of piperazine rings is 1. The Morgan fingerprint density at radius 3 is 2.77 bits per heavy atom. The van der Waals surface area contributed by atoms with Crippen molar-refractivity contribution in [3.63, 3.8) is 0 Å². The molecule has 0 unspecified atom stereocenters. The Labute approximate surface area is 154 Å². The highest BCUT2D eigenvalue weighted by Gasteiger charge is 2.27. The Kier molecular flexibility index (Phi) is 4.46. The van der Waals surface area contributed by atoms with Crippen LogP contribution in [-0.2, 0) is 11.2 Å². The second-order valence-corrected chi connectivity index (χ2v) is 6.92. The SMILES string of the molecule is N#Cc1nc(-c2ccco2)oc1N1CCN(C(=O)Cc2cccs2)CC1. The summed E-state index contributed by atoms with van der Waals surface area (Å²) in [4.78, 5) is 21.5. The van der Waals surface area contributed by atoms with Crippen molar-refractivity contribution in [3.05, 3.63) is 46.5 Å². The summed E-state index contributed by atoms with van der Waals surface area (Å²) in [7, 11) is 0. The Morgan fingerprint density at radius 2 is 2.12 bits per heavy atom. The van der Waals surface area contributed by atoms with Crippen LogP contribution in [0.4, 0.5) is 5.88 Å². The van der Waals surface area contributed by atoms with Gasteiger partial charge in [0.15, 0.2) is 5.76 Å². The van der Waals surface area contributed by atoms with Crippen LogP contribution in [0.25, 0.3) is 11.7 Å². The molecule has 7 nitrogen and oxygen atoms in total. The minimum Gasteiger partial charge on any atom is -0.459 e. The van der Waals surface area contributed by atoms with Crippen LogP contribution in [0.15, 0.2) is 44.7 Å². The van der Waals surface area contributed by atoms with E-state index in [1.165, 1.54) is 6.26 Å². The topological polar surface area (TPSA) is 86.5 Å². The molecule has 0 saturated carbocycles. The van der Waals surface area contributed by atoms with Crippen molar-refractivity contribution in [1.29, 1.82) is 5.26 Å². The fourth-order valence-electron chi connectivity index (χ4n) is 2.94. The molecule has 0 N–H and O–H groups in total. The van der Waals surface area contributed by atoms with Crippen LogP contribution < -0.4 is 4.90 Å². The molecule has 0 atom stereocenters. The lowest BCUT2D eigenvalue weighted by Crippen LogP contribution is -2.49. The first kappa shape index (κ1) is 16.4. The molecule has 0 spiro atoms. The van der Waals surface area contributed by atoms with Gasteiger partial charge in [0, 0.05) is 31.1 Å². The average Bonchev–Trinajstić information content (AvgIpc) is 3.42. The molecule has 4 heterocycles. The van der Waals surface area contributed by atoms with Crippen molar-refractivity contribution in [3.8, 4) is 17.7 Å². The number of furan rings is 1. The summed E-state index contributed by atoms with van der Waals surface area (Å²) in [5.41, 5.74) is 0.231. The Hall–Kier alpha value is -3.05. The van der Waals surface area contributed by atoms with E-state index in [9.17, 15) is 10.1 Å². The number of amides is 1. The van der Waals surface area contributed by atoms with Crippen LogP contribution in [0.1, 0.15) is 10.6 Å². The monoisotopic (exact) mass is 368 g/mol. The number of rotatable bonds is 4. The number of aromatic nitrogens is 1. The molecule has 3 aromatic rings. The predicted molar refractivity (Wildman–Crippen MR) is 95.7 cm³/mol. The van der Waals surface area contributed by atoms with E-state index in [0.717, 1.165) is 4.88 Å². The highest BCUT2D eigenvalue weighted by molar-refractivity contribution is 7.10. The number of thiophene rings is 1. The van der Waals surface area contributed by atoms with Crippen molar-refractivity contribution in [2.75, 3.05) is 31.1 Å². The van der Waals surface area contributed by atoms with E-state index >= 15 is 0 Å². The largest absolute Gasteiger partial charge is 0.459 e. The molecule has 8 heteroatoms. The molecule has 1 aliphatic rings. The summed E-state index contributed by atoms with van der Waals surface area (Å²) < 4.78 is 11.0. The van der Waals surface area contributed by atoms with Gasteiger partial charge >= 0.3 is 0 Å². The van der Waals surface area contributed by atoms with Gasteiger partial charge in [-0.15, -0.1) is 11.3 Å². The van der Waals surface area contributed by atoms with Gasteiger partial charge in [-0.3, -0.25) is 4.79 Å². The summed E-state index contributed by atoms with van der Waals surface area (Å²) in [6.45, 7) is 2.37. The molecule has 0 radical (unpaired) electrons. The first-order valence-electron chi connectivity index (χ1n) is 8.24. The molecular formula is C18H16N4O3S. The van der Waals surface area contributed by atoms with E-state index in [2.05, 4.69) is 11.1 Å². The fraction of sp³-hybridized carbons (Fsp3) is 0.278. The van der Waals surface area contributed by atoms with Crippen LogP contribution in [0.5, 0.6) is 0 Å². The highest BCUT2D eigenvalue weighted by Crippen LogP contribution is 2.29. The van der Waals surface area contributed by atoms with E-state index in [1.54, 1.807) is 23.5 Å². The summed E-state index contributed by atoms with van der Waals surface area (Å²) >= 11 is 1.59. The van der Waals surface area contributed by atoms with Crippen LogP contribution in [0, 0.1) is 11.3 Å². The van der Waals surface area contributed by atoms with Crippen molar-refractivity contribution in [2.24, 2.45) is 0 Å². The Balaban J connectivity index is 1.43. The van der Waals surface area contributed by atoms with Crippen LogP contribution in [0.3, 0.4) is 0 Å². The van der Waals surface area contributed by atoms with E-state index in [0.29, 0.717) is 44.2 Å². The minimum atomic E-state index is 0.126. The van der Waals surface area contributed by atoms with Crippen molar-refractivity contribution in [2.45, 2.75) is 6.42 Å². The van der Waals surface area contributed by atoms with Crippen molar-refractivity contribution in [1.82, 2.24) is 9.88 Å². The average molecular weight is 368 g/mol. The summed E-state index contributed by atoms with van der Waals surface area (Å²) in [6.07, 6.45) is 1.97. The third-order valence-corrected chi connectivity index (χ3v) is 5.15. The van der Waals surface area contributed by atoms with Gasteiger partial charge in [-0.25, -0.2) is 0 Å². The number of nitrogens with zero attached hydrogens (tertiary/aromatic N) is 4. The number of hydrogen-bond acceptors (Lipinski definition) is 7. The number of oxazole rings is 1. The number of carbonyl (C=O) groups excluding carboxylic acids is 1. The molecule has 1 fully saturated rings. The normalized spacial score (nSPS) is 14.4. The fourth-order valence-corrected chi connectivity index (χ4v) is 3.63. The van der Waals surface area contributed by atoms with Gasteiger partial charge in [0.25, 0.3) is 5.89 Å². The predicted octanol–water partition coefficient (Wildman–Crippen LogP) is 2.76. The first-order chi connectivity index (χ1) is 12.7. The van der Waals surface area contributed by atoms with Crippen LogP contribution in [-0.4, -0.2) is 42.0 Å². The number of nitriles is 1. The molecule has 132 valence electrons. The quantitative estimate of drug-likeness (QED) is 0.704. The molecular weight excluding hydrogens is 352 g/mol. The molecule has 4 rings (SSSR count). The Bertz CT molecular complexity index is 916. The van der Waals surface area contributed by atoms with Gasteiger partial charge in [-0.1, -0.05) is 6.07 Å². The molecule has 1 saturated heterocycles. The molecule has 0 aliphatic carbocycles. The van der Waals surface area contributed by atoms with Gasteiger partial charge in [0.2, 0.25) is 17.5 Å². The summed E-state index contributed by atoms with van der Waals surface area (Å²) in [5.74, 6) is 1.33. The number of hydrogen-bond donors (Lipinski definition) is 0. The summed E-state index contributed by atoms with van der Waals surface area (Å²) in [6, 6.07) is 9.47. The maximum absolute atomic E-state index is 12.4. The summed E-state index contributed by atoms with van der Waals surface area (Å²) in [5, 5.41) is 11.3. The number of carbonyl (C=O) groups is 1. The molecule has 1 amide bonds. The second-order valence-electron chi connectivity index (χ2n) is 5.89. The molecule has 0 bridgehead atoms. The zero-order valence-electron chi connectivity index (χ0n) is 13.9. The van der Waals surface area contributed by atoms with Gasteiger partial charge in [-0.2, -0.15) is 10.2 Å². The Morgan fingerprint density at radius 1 is 1.27 bits per heavy atom. The van der Waals surface area contributed by atoms with Gasteiger partial charge in [0.05, 0.1) is 12.7 Å². The lowest BCUT2D eigenvalue weighted by molar-refractivity contribution is -0.130. The minimum absolute atomic E-state index is 0.126. The molecule has 3 aromatic heterocycles. The van der Waals surface area contributed by atoms with E-state index < -0.39 is 0 Å².